The molecule has 0 spiro atoms. The molecule has 1 aliphatic carbocycles. The van der Waals surface area contributed by atoms with Gasteiger partial charge in [-0.3, -0.25) is 4.79 Å². The molecule has 1 amide bonds. The Morgan fingerprint density at radius 1 is 1.25 bits per heavy atom. The van der Waals surface area contributed by atoms with Crippen LogP contribution in [0.3, 0.4) is 0 Å². The number of fused-ring (bicyclic) bond motifs is 1. The van der Waals surface area contributed by atoms with Crippen molar-refractivity contribution in [1.29, 1.82) is 0 Å². The Labute approximate surface area is 146 Å². The number of aromatic nitrogens is 1. The molecule has 0 unspecified atom stereocenters. The van der Waals surface area contributed by atoms with Crippen molar-refractivity contribution >= 4 is 30.1 Å². The van der Waals surface area contributed by atoms with E-state index in [2.05, 4.69) is 16.8 Å². The van der Waals surface area contributed by atoms with Crippen molar-refractivity contribution in [3.8, 4) is 0 Å². The summed E-state index contributed by atoms with van der Waals surface area (Å²) in [4.78, 5) is 12.7. The Kier molecular flexibility index (Phi) is 5.65. The maximum Gasteiger partial charge on any atom is 0.253 e. The number of benzene rings is 1. The van der Waals surface area contributed by atoms with E-state index in [1.807, 2.05) is 24.4 Å². The fourth-order valence-electron chi connectivity index (χ4n) is 3.95. The summed E-state index contributed by atoms with van der Waals surface area (Å²) in [5.74, 6) is 0.772. The van der Waals surface area contributed by atoms with Gasteiger partial charge < -0.3 is 9.88 Å². The van der Waals surface area contributed by atoms with Crippen molar-refractivity contribution in [2.24, 2.45) is 5.92 Å². The Hall–Kier alpha value is -1.71. The molecule has 1 heterocycles. The van der Waals surface area contributed by atoms with Gasteiger partial charge in [0.15, 0.2) is 0 Å². The first-order valence-electron chi connectivity index (χ1n) is 9.36. The first-order valence-corrected chi connectivity index (χ1v) is 9.36. The number of rotatable bonds is 5. The third-order valence-corrected chi connectivity index (χ3v) is 5.34. The summed E-state index contributed by atoms with van der Waals surface area (Å²) >= 11 is 0. The van der Waals surface area contributed by atoms with Gasteiger partial charge in [0, 0.05) is 30.2 Å². The molecule has 2 radical (unpaired) electrons. The van der Waals surface area contributed by atoms with Gasteiger partial charge in [0.25, 0.3) is 5.91 Å². The lowest BCUT2D eigenvalue weighted by molar-refractivity contribution is 0.0952. The van der Waals surface area contributed by atoms with E-state index in [0.717, 1.165) is 36.3 Å². The van der Waals surface area contributed by atoms with E-state index in [9.17, 15) is 4.79 Å². The van der Waals surface area contributed by atoms with Crippen LogP contribution in [0.25, 0.3) is 10.9 Å². The largest absolute Gasteiger partial charge is 0.352 e. The van der Waals surface area contributed by atoms with Crippen molar-refractivity contribution in [2.75, 3.05) is 6.54 Å². The van der Waals surface area contributed by atoms with Crippen LogP contribution in [-0.4, -0.2) is 24.9 Å². The molecule has 0 saturated heterocycles. The van der Waals surface area contributed by atoms with Crippen molar-refractivity contribution in [3.63, 3.8) is 0 Å². The highest BCUT2D eigenvalue weighted by molar-refractivity contribution is 6.40. The van der Waals surface area contributed by atoms with Crippen LogP contribution in [0.5, 0.6) is 0 Å². The van der Waals surface area contributed by atoms with Crippen molar-refractivity contribution < 1.29 is 4.79 Å². The Morgan fingerprint density at radius 2 is 2.00 bits per heavy atom. The Bertz CT molecular complexity index is 699. The van der Waals surface area contributed by atoms with Gasteiger partial charge in [-0.1, -0.05) is 56.1 Å². The maximum atomic E-state index is 12.7. The monoisotopic (exact) mass is 322 g/mol. The van der Waals surface area contributed by atoms with Gasteiger partial charge in [-0.25, -0.2) is 0 Å². The molecule has 3 rings (SSSR count). The lowest BCUT2D eigenvalue weighted by Crippen LogP contribution is -2.26. The zero-order valence-corrected chi connectivity index (χ0v) is 14.7. The molecule has 24 heavy (non-hydrogen) atoms. The third kappa shape index (κ3) is 3.68. The summed E-state index contributed by atoms with van der Waals surface area (Å²) in [6, 6.07) is 5.83. The first kappa shape index (κ1) is 17.1. The van der Waals surface area contributed by atoms with Gasteiger partial charge >= 0.3 is 0 Å². The summed E-state index contributed by atoms with van der Waals surface area (Å²) in [5, 5.41) is 4.00. The molecular formula is C20H27BN2O. The fourth-order valence-corrected chi connectivity index (χ4v) is 3.95. The van der Waals surface area contributed by atoms with Crippen LogP contribution in [0, 0.1) is 5.92 Å². The van der Waals surface area contributed by atoms with Crippen LogP contribution in [-0.2, 0) is 6.54 Å². The van der Waals surface area contributed by atoms with Crippen molar-refractivity contribution in [1.82, 2.24) is 9.88 Å². The minimum absolute atomic E-state index is 0.00118. The van der Waals surface area contributed by atoms with E-state index in [4.69, 9.17) is 7.85 Å². The van der Waals surface area contributed by atoms with E-state index in [0.29, 0.717) is 11.0 Å². The minimum atomic E-state index is -0.00118. The molecule has 126 valence electrons. The molecule has 4 heteroatoms. The van der Waals surface area contributed by atoms with E-state index in [-0.39, 0.29) is 5.91 Å². The third-order valence-electron chi connectivity index (χ3n) is 5.34. The lowest BCUT2D eigenvalue weighted by atomic mass is 9.90. The number of carbonyl (C=O) groups is 1. The molecule has 3 nitrogen and oxygen atoms in total. The summed E-state index contributed by atoms with van der Waals surface area (Å²) in [5.41, 5.74) is 2.41. The highest BCUT2D eigenvalue weighted by atomic mass is 16.1. The number of nitrogens with zero attached hydrogens (tertiary/aromatic N) is 1. The molecule has 1 aliphatic rings. The van der Waals surface area contributed by atoms with E-state index in [1.165, 1.54) is 38.5 Å². The molecular weight excluding hydrogens is 295 g/mol. The van der Waals surface area contributed by atoms with Gasteiger partial charge in [-0.05, 0) is 25.3 Å². The van der Waals surface area contributed by atoms with E-state index in [1.54, 1.807) is 0 Å². The number of carbonyl (C=O) groups excluding carboxylic acids is 1. The Morgan fingerprint density at radius 3 is 2.71 bits per heavy atom. The van der Waals surface area contributed by atoms with Crippen LogP contribution in [0.4, 0.5) is 0 Å². The molecule has 1 N–H and O–H groups in total. The van der Waals surface area contributed by atoms with Gasteiger partial charge in [0.2, 0.25) is 0 Å². The molecule has 1 aromatic carbocycles. The molecule has 1 saturated carbocycles. The predicted octanol–water partition coefficient (Wildman–Crippen LogP) is 3.55. The zero-order valence-electron chi connectivity index (χ0n) is 14.7. The minimum Gasteiger partial charge on any atom is -0.352 e. The summed E-state index contributed by atoms with van der Waals surface area (Å²) in [7, 11) is 6.13. The second-order valence-corrected chi connectivity index (χ2v) is 6.97. The molecule has 1 aromatic heterocycles. The number of hydrogen-bond donors (Lipinski definition) is 1. The number of amides is 1. The van der Waals surface area contributed by atoms with Gasteiger partial charge in [-0.15, -0.1) is 0 Å². The van der Waals surface area contributed by atoms with Gasteiger partial charge in [0.05, 0.1) is 5.56 Å². The molecule has 1 fully saturated rings. The van der Waals surface area contributed by atoms with Gasteiger partial charge in [-0.2, -0.15) is 0 Å². The Balaban J connectivity index is 1.67. The summed E-state index contributed by atoms with van der Waals surface area (Å²) in [6.45, 7) is 3.67. The number of hydrogen-bond acceptors (Lipinski definition) is 1. The molecule has 0 atom stereocenters. The quantitative estimate of drug-likeness (QED) is 0.663. The predicted molar refractivity (Wildman–Crippen MR) is 101 cm³/mol. The standard InChI is InChI=1S/C20H27BN2O/c1-2-23-14-16(19-17(21)10-7-11-18(19)23)20(24)22-13-12-15-8-5-3-4-6-9-15/h7,10-11,14-15H,2-6,8-9,12-13H2,1H3,(H,22,24). The fraction of sp³-hybridized carbons (Fsp3) is 0.550. The normalized spacial score (nSPS) is 16.2. The first-order chi connectivity index (χ1) is 11.7. The second-order valence-electron chi connectivity index (χ2n) is 6.97. The van der Waals surface area contributed by atoms with Crippen LogP contribution < -0.4 is 10.8 Å². The average molecular weight is 322 g/mol. The van der Waals surface area contributed by atoms with Crippen LogP contribution in [0.1, 0.15) is 62.2 Å². The second kappa shape index (κ2) is 7.91. The SMILES string of the molecule is [B]c1cccc2c1c(C(=O)NCCC1CCCCCC1)cn2CC. The highest BCUT2D eigenvalue weighted by Crippen LogP contribution is 2.25. The zero-order chi connectivity index (χ0) is 16.9. The summed E-state index contributed by atoms with van der Waals surface area (Å²) in [6.07, 6.45) is 11.1. The smallest absolute Gasteiger partial charge is 0.253 e. The summed E-state index contributed by atoms with van der Waals surface area (Å²) < 4.78 is 2.09. The number of aryl methyl sites for hydroxylation is 1. The lowest BCUT2D eigenvalue weighted by Gasteiger charge is -2.14. The molecule has 0 aliphatic heterocycles. The van der Waals surface area contributed by atoms with Crippen molar-refractivity contribution in [3.05, 3.63) is 30.0 Å². The van der Waals surface area contributed by atoms with Crippen LogP contribution in [0.2, 0.25) is 0 Å². The number of nitrogens with one attached hydrogen (secondary N) is 1. The van der Waals surface area contributed by atoms with Crippen LogP contribution >= 0.6 is 0 Å². The topological polar surface area (TPSA) is 34.0 Å². The maximum absolute atomic E-state index is 12.7. The van der Waals surface area contributed by atoms with E-state index >= 15 is 0 Å². The molecule has 2 aromatic rings. The average Bonchev–Trinajstić information content (AvgIpc) is 2.77. The van der Waals surface area contributed by atoms with Crippen LogP contribution in [0.15, 0.2) is 24.4 Å². The molecule has 0 bridgehead atoms. The van der Waals surface area contributed by atoms with E-state index < -0.39 is 0 Å². The van der Waals surface area contributed by atoms with Crippen molar-refractivity contribution in [2.45, 2.75) is 58.4 Å². The van der Waals surface area contributed by atoms with Gasteiger partial charge in [0.1, 0.15) is 7.85 Å². The highest BCUT2D eigenvalue weighted by Gasteiger charge is 2.17.